The molecule has 0 spiro atoms. The van der Waals surface area contributed by atoms with Crippen LogP contribution in [0.3, 0.4) is 0 Å². The molecular weight excluding hydrogens is 182 g/mol. The van der Waals surface area contributed by atoms with E-state index in [9.17, 15) is 0 Å². The second-order valence-corrected chi connectivity index (χ2v) is 4.51. The summed E-state index contributed by atoms with van der Waals surface area (Å²) in [6.45, 7) is 5.11. The highest BCUT2D eigenvalue weighted by Crippen LogP contribution is 1.84. The van der Waals surface area contributed by atoms with Gasteiger partial charge in [0.25, 0.3) is 0 Å². The molecule has 0 unspecified atom stereocenters. The molecule has 0 saturated heterocycles. The topological polar surface area (TPSA) is 32.3 Å². The molecule has 0 atom stereocenters. The van der Waals surface area contributed by atoms with Crippen molar-refractivity contribution in [2.45, 2.75) is 25.6 Å². The molecule has 0 amide bonds. The SMILES string of the molecule is C[SiH2]CCCNCl.C[SiH2]O. The maximum atomic E-state index is 7.71. The van der Waals surface area contributed by atoms with Gasteiger partial charge in [0.05, 0.1) is 0 Å². The molecule has 0 aliphatic carbocycles. The third-order valence-electron chi connectivity index (χ3n) is 0.875. The molecule has 10 heavy (non-hydrogen) atoms. The van der Waals surface area contributed by atoms with Crippen LogP contribution in [0.5, 0.6) is 0 Å². The lowest BCUT2D eigenvalue weighted by molar-refractivity contribution is 0.610. The highest BCUT2D eigenvalue weighted by Gasteiger charge is 1.80. The summed E-state index contributed by atoms with van der Waals surface area (Å²) in [6, 6.07) is 1.42. The van der Waals surface area contributed by atoms with Crippen LogP contribution in [0.2, 0.25) is 19.1 Å². The maximum Gasteiger partial charge on any atom is 0.153 e. The highest BCUT2D eigenvalue weighted by atomic mass is 35.5. The Labute approximate surface area is 73.2 Å². The molecule has 2 N–H and O–H groups in total. The fourth-order valence-corrected chi connectivity index (χ4v) is 1.33. The minimum Gasteiger partial charge on any atom is -0.438 e. The summed E-state index contributed by atoms with van der Waals surface area (Å²) in [5.74, 6) is 0. The molecule has 0 aromatic heterocycles. The lowest BCUT2D eigenvalue weighted by atomic mass is 10.5. The van der Waals surface area contributed by atoms with Gasteiger partial charge in [0, 0.05) is 16.1 Å². The van der Waals surface area contributed by atoms with Gasteiger partial charge in [-0.25, -0.2) is 4.84 Å². The van der Waals surface area contributed by atoms with E-state index in [-0.39, 0.29) is 0 Å². The van der Waals surface area contributed by atoms with E-state index in [4.69, 9.17) is 16.6 Å². The Morgan fingerprint density at radius 3 is 2.30 bits per heavy atom. The van der Waals surface area contributed by atoms with Crippen LogP contribution in [0.1, 0.15) is 6.42 Å². The Hall–Kier alpha value is 0.644. The van der Waals surface area contributed by atoms with Crippen LogP contribution in [0.4, 0.5) is 0 Å². The molecule has 0 bridgehead atoms. The van der Waals surface area contributed by atoms with Crippen LogP contribution in [-0.4, -0.2) is 30.6 Å². The van der Waals surface area contributed by atoms with Crippen LogP contribution in [0.15, 0.2) is 0 Å². The second kappa shape index (κ2) is 16.3. The normalized spacial score (nSPS) is 10.8. The van der Waals surface area contributed by atoms with E-state index in [1.54, 1.807) is 0 Å². The van der Waals surface area contributed by atoms with E-state index in [0.29, 0.717) is 9.52 Å². The number of rotatable bonds is 4. The lowest BCUT2D eigenvalue weighted by Crippen LogP contribution is -2.00. The quantitative estimate of drug-likeness (QED) is 0.376. The third kappa shape index (κ3) is 23.4. The second-order valence-electron chi connectivity index (χ2n) is 1.91. The number of hydrogen-bond donors (Lipinski definition) is 2. The lowest BCUT2D eigenvalue weighted by Gasteiger charge is -1.90. The first-order valence-electron chi connectivity index (χ1n) is 3.77. The minimum atomic E-state index is -0.583. The summed E-state index contributed by atoms with van der Waals surface area (Å²) in [4.78, 5) is 10.3. The molecule has 0 aromatic rings. The largest absolute Gasteiger partial charge is 0.438 e. The van der Waals surface area contributed by atoms with E-state index in [1.807, 2.05) is 6.55 Å². The van der Waals surface area contributed by atoms with Gasteiger partial charge in [0.1, 0.15) is 0 Å². The summed E-state index contributed by atoms with van der Waals surface area (Å²) in [5, 5.41) is 0. The number of halogens is 1. The highest BCUT2D eigenvalue weighted by molar-refractivity contribution is 6.33. The van der Waals surface area contributed by atoms with Gasteiger partial charge >= 0.3 is 0 Å². The van der Waals surface area contributed by atoms with Crippen molar-refractivity contribution in [3.05, 3.63) is 0 Å². The van der Waals surface area contributed by atoms with E-state index in [0.717, 1.165) is 6.54 Å². The smallest absolute Gasteiger partial charge is 0.153 e. The van der Waals surface area contributed by atoms with Crippen molar-refractivity contribution in [3.63, 3.8) is 0 Å². The van der Waals surface area contributed by atoms with Gasteiger partial charge in [-0.15, -0.1) is 0 Å². The van der Waals surface area contributed by atoms with Crippen molar-refractivity contribution in [3.8, 4) is 0 Å². The van der Waals surface area contributed by atoms with Crippen LogP contribution in [0, 0.1) is 0 Å². The molecule has 0 saturated carbocycles. The van der Waals surface area contributed by atoms with Crippen molar-refractivity contribution >= 4 is 31.1 Å². The Kier molecular flexibility index (Phi) is 21.6. The first-order chi connectivity index (χ1) is 4.83. The van der Waals surface area contributed by atoms with Crippen molar-refractivity contribution < 1.29 is 4.80 Å². The molecule has 0 heterocycles. The van der Waals surface area contributed by atoms with Gasteiger partial charge in [-0.05, 0) is 18.2 Å². The van der Waals surface area contributed by atoms with Crippen LogP contribution >= 0.6 is 11.8 Å². The van der Waals surface area contributed by atoms with Crippen molar-refractivity contribution in [2.24, 2.45) is 0 Å². The monoisotopic (exact) mass is 199 g/mol. The molecular formula is C5H18ClNOSi2. The van der Waals surface area contributed by atoms with Gasteiger partial charge in [-0.3, -0.25) is 0 Å². The molecule has 0 aromatic carbocycles. The standard InChI is InChI=1S/C4H12ClNSi.CH6OSi/c1-7-4-2-3-6-5;1-3-2/h6H,2-4,7H2,1H3;2H,3H2,1H3. The van der Waals surface area contributed by atoms with Crippen LogP contribution in [-0.2, 0) is 0 Å². The molecule has 0 aliphatic heterocycles. The molecule has 5 heteroatoms. The van der Waals surface area contributed by atoms with Gasteiger partial charge in [-0.2, -0.15) is 0 Å². The van der Waals surface area contributed by atoms with Crippen molar-refractivity contribution in [2.75, 3.05) is 6.54 Å². The fourth-order valence-electron chi connectivity index (χ4n) is 0.442. The average molecular weight is 200 g/mol. The van der Waals surface area contributed by atoms with Gasteiger partial charge in [-0.1, -0.05) is 19.1 Å². The van der Waals surface area contributed by atoms with Gasteiger partial charge < -0.3 is 4.80 Å². The van der Waals surface area contributed by atoms with E-state index in [2.05, 4.69) is 11.4 Å². The maximum absolute atomic E-state index is 7.71. The zero-order valence-electron chi connectivity index (χ0n) is 6.86. The summed E-state index contributed by atoms with van der Waals surface area (Å²) in [7, 11) is -0.288. The minimum absolute atomic E-state index is 0.295. The summed E-state index contributed by atoms with van der Waals surface area (Å²) >= 11 is 5.20. The predicted molar refractivity (Wildman–Crippen MR) is 54.3 cm³/mol. The van der Waals surface area contributed by atoms with Gasteiger partial charge in [0.2, 0.25) is 0 Å². The van der Waals surface area contributed by atoms with E-state index in [1.165, 1.54) is 12.5 Å². The first-order valence-corrected chi connectivity index (χ1v) is 8.61. The molecule has 64 valence electrons. The Balaban J connectivity index is 0. The summed E-state index contributed by atoms with van der Waals surface area (Å²) in [6.07, 6.45) is 1.26. The zero-order valence-corrected chi connectivity index (χ0v) is 10.4. The molecule has 0 radical (unpaired) electrons. The zero-order chi connectivity index (χ0) is 8.24. The van der Waals surface area contributed by atoms with Crippen molar-refractivity contribution in [1.82, 2.24) is 4.84 Å². The average Bonchev–Trinajstić information content (AvgIpc) is 1.91. The summed E-state index contributed by atoms with van der Waals surface area (Å²) in [5.41, 5.74) is 0. The van der Waals surface area contributed by atoms with E-state index >= 15 is 0 Å². The first kappa shape index (κ1) is 13.2. The number of nitrogens with one attached hydrogen (secondary N) is 1. The Morgan fingerprint density at radius 1 is 1.50 bits per heavy atom. The third-order valence-corrected chi connectivity index (χ3v) is 2.27. The number of hydrogen-bond acceptors (Lipinski definition) is 2. The predicted octanol–water partition coefficient (Wildman–Crippen LogP) is -0.134. The molecule has 0 rings (SSSR count). The Bertz CT molecular complexity index is 46.6. The molecule has 0 aliphatic rings. The Morgan fingerprint density at radius 2 is 2.00 bits per heavy atom. The van der Waals surface area contributed by atoms with Crippen molar-refractivity contribution in [1.29, 1.82) is 0 Å². The molecule has 0 fully saturated rings. The summed E-state index contributed by atoms with van der Waals surface area (Å²) < 4.78 is 0. The fraction of sp³-hybridized carbons (Fsp3) is 1.00. The molecule has 2 nitrogen and oxygen atoms in total. The van der Waals surface area contributed by atoms with Crippen LogP contribution in [0.25, 0.3) is 0 Å². The van der Waals surface area contributed by atoms with E-state index < -0.39 is 9.76 Å². The van der Waals surface area contributed by atoms with Gasteiger partial charge in [0.15, 0.2) is 9.76 Å². The van der Waals surface area contributed by atoms with Crippen LogP contribution < -0.4 is 4.84 Å².